The number of imidazole rings is 1. The molecule has 0 fully saturated rings. The van der Waals surface area contributed by atoms with Gasteiger partial charge in [0.05, 0.1) is 5.69 Å². The molecule has 0 radical (unpaired) electrons. The first-order valence-electron chi connectivity index (χ1n) is 7.96. The summed E-state index contributed by atoms with van der Waals surface area (Å²) in [5.41, 5.74) is 8.81. The van der Waals surface area contributed by atoms with E-state index < -0.39 is 0 Å². The highest BCUT2D eigenvalue weighted by atomic mass is 15.2. The minimum Gasteiger partial charge on any atom is -0.384 e. The minimum atomic E-state index is 0.443. The van der Waals surface area contributed by atoms with Crippen molar-refractivity contribution >= 4 is 5.82 Å². The van der Waals surface area contributed by atoms with E-state index in [0.717, 1.165) is 24.4 Å². The molecule has 1 aromatic carbocycles. The lowest BCUT2D eigenvalue weighted by molar-refractivity contribution is 0.346. The number of hydrogen-bond donors (Lipinski definition) is 1. The zero-order chi connectivity index (χ0) is 15.0. The number of nitrogens with zero attached hydrogens (tertiary/aromatic N) is 2. The Hall–Kier alpha value is -1.77. The molecule has 2 aromatic rings. The molecule has 0 aliphatic carbocycles. The molecule has 1 aliphatic rings. The van der Waals surface area contributed by atoms with Gasteiger partial charge in [0, 0.05) is 12.5 Å². The van der Waals surface area contributed by atoms with Crippen LogP contribution in [0.5, 0.6) is 0 Å². The maximum absolute atomic E-state index is 6.39. The number of nitrogens with two attached hydrogens (primary N) is 1. The summed E-state index contributed by atoms with van der Waals surface area (Å²) in [6.07, 6.45) is 3.16. The van der Waals surface area contributed by atoms with E-state index in [2.05, 4.69) is 55.7 Å². The Labute approximate surface area is 127 Å². The predicted molar refractivity (Wildman–Crippen MR) is 87.4 cm³/mol. The third-order valence-electron chi connectivity index (χ3n) is 4.68. The van der Waals surface area contributed by atoms with E-state index in [1.807, 2.05) is 0 Å². The Balaban J connectivity index is 1.86. The van der Waals surface area contributed by atoms with Crippen molar-refractivity contribution in [3.05, 3.63) is 47.4 Å². The summed E-state index contributed by atoms with van der Waals surface area (Å²) in [6.45, 7) is 6.80. The van der Waals surface area contributed by atoms with E-state index in [4.69, 9.17) is 10.7 Å². The predicted octanol–water partition coefficient (Wildman–Crippen LogP) is 3.95. The molecular weight excluding hydrogens is 258 g/mol. The van der Waals surface area contributed by atoms with Crippen molar-refractivity contribution in [2.75, 3.05) is 5.73 Å². The number of hydrogen-bond acceptors (Lipinski definition) is 2. The summed E-state index contributed by atoms with van der Waals surface area (Å²) in [7, 11) is 0. The van der Waals surface area contributed by atoms with Crippen LogP contribution >= 0.6 is 0 Å². The van der Waals surface area contributed by atoms with Gasteiger partial charge in [-0.1, -0.05) is 44.2 Å². The fourth-order valence-electron chi connectivity index (χ4n) is 3.60. The first-order chi connectivity index (χ1) is 10.1. The summed E-state index contributed by atoms with van der Waals surface area (Å²) in [6, 6.07) is 11.1. The third-order valence-corrected chi connectivity index (χ3v) is 4.68. The van der Waals surface area contributed by atoms with Crippen LogP contribution < -0.4 is 5.73 Å². The van der Waals surface area contributed by atoms with E-state index in [9.17, 15) is 0 Å². The average molecular weight is 283 g/mol. The molecule has 112 valence electrons. The summed E-state index contributed by atoms with van der Waals surface area (Å²) in [5.74, 6) is 3.20. The van der Waals surface area contributed by atoms with Crippen LogP contribution in [0.25, 0.3) is 0 Å². The zero-order valence-corrected chi connectivity index (χ0v) is 13.2. The van der Waals surface area contributed by atoms with E-state index in [-0.39, 0.29) is 0 Å². The van der Waals surface area contributed by atoms with Gasteiger partial charge in [0.25, 0.3) is 0 Å². The van der Waals surface area contributed by atoms with E-state index in [0.29, 0.717) is 17.9 Å². The largest absolute Gasteiger partial charge is 0.384 e. The lowest BCUT2D eigenvalue weighted by Gasteiger charge is -2.27. The number of aromatic nitrogens is 2. The minimum absolute atomic E-state index is 0.443. The maximum Gasteiger partial charge on any atom is 0.127 e. The van der Waals surface area contributed by atoms with Gasteiger partial charge in [-0.05, 0) is 37.2 Å². The quantitative estimate of drug-likeness (QED) is 0.926. The molecule has 3 heteroatoms. The van der Waals surface area contributed by atoms with Gasteiger partial charge in [-0.2, -0.15) is 0 Å². The fourth-order valence-corrected chi connectivity index (χ4v) is 3.60. The highest BCUT2D eigenvalue weighted by Crippen LogP contribution is 2.33. The monoisotopic (exact) mass is 283 g/mol. The molecular formula is C18H25N3. The Kier molecular flexibility index (Phi) is 3.75. The molecule has 3 atom stereocenters. The molecule has 21 heavy (non-hydrogen) atoms. The van der Waals surface area contributed by atoms with Crippen molar-refractivity contribution in [2.45, 2.75) is 52.0 Å². The molecule has 0 spiro atoms. The molecule has 2 N–H and O–H groups in total. The number of benzene rings is 1. The topological polar surface area (TPSA) is 43.8 Å². The number of nitrogen functional groups attached to an aromatic ring is 1. The lowest BCUT2D eigenvalue weighted by atomic mass is 9.95. The SMILES string of the molecule is CC1Cc2nc(CC(C)c3ccccc3)c(N)n2C(C)C1. The number of rotatable bonds is 3. The second-order valence-electron chi connectivity index (χ2n) is 6.64. The highest BCUT2D eigenvalue weighted by Gasteiger charge is 2.26. The third kappa shape index (κ3) is 2.69. The van der Waals surface area contributed by atoms with E-state index in [1.165, 1.54) is 17.8 Å². The van der Waals surface area contributed by atoms with Crippen LogP contribution in [0, 0.1) is 5.92 Å². The van der Waals surface area contributed by atoms with Gasteiger partial charge >= 0.3 is 0 Å². The Bertz CT molecular complexity index is 615. The van der Waals surface area contributed by atoms with Crippen LogP contribution in [0.4, 0.5) is 5.82 Å². The first kappa shape index (κ1) is 14.2. The van der Waals surface area contributed by atoms with Crippen molar-refractivity contribution in [2.24, 2.45) is 5.92 Å². The Morgan fingerprint density at radius 1 is 1.29 bits per heavy atom. The highest BCUT2D eigenvalue weighted by molar-refractivity contribution is 5.41. The van der Waals surface area contributed by atoms with Gasteiger partial charge in [0.1, 0.15) is 11.6 Å². The summed E-state index contributed by atoms with van der Waals surface area (Å²) >= 11 is 0. The van der Waals surface area contributed by atoms with Gasteiger partial charge in [0.2, 0.25) is 0 Å². The lowest BCUT2D eigenvalue weighted by Crippen LogP contribution is -2.22. The van der Waals surface area contributed by atoms with Crippen LogP contribution in [0.15, 0.2) is 30.3 Å². The van der Waals surface area contributed by atoms with Crippen LogP contribution in [-0.4, -0.2) is 9.55 Å². The van der Waals surface area contributed by atoms with Crippen LogP contribution in [0.1, 0.15) is 56.2 Å². The second-order valence-corrected chi connectivity index (χ2v) is 6.64. The number of anilines is 1. The molecule has 3 rings (SSSR count). The van der Waals surface area contributed by atoms with Crippen molar-refractivity contribution in [1.82, 2.24) is 9.55 Å². The van der Waals surface area contributed by atoms with Crippen LogP contribution in [0.3, 0.4) is 0 Å². The molecule has 0 bridgehead atoms. The van der Waals surface area contributed by atoms with Crippen LogP contribution in [0.2, 0.25) is 0 Å². The first-order valence-corrected chi connectivity index (χ1v) is 7.96. The smallest absolute Gasteiger partial charge is 0.127 e. The molecule has 3 nitrogen and oxygen atoms in total. The standard InChI is InChI=1S/C18H25N3/c1-12-9-14(3)21-17(10-12)20-16(18(21)19)11-13(2)15-7-5-4-6-8-15/h4-8,12-14H,9-11,19H2,1-3H3. The molecule has 0 saturated carbocycles. The maximum atomic E-state index is 6.39. The summed E-state index contributed by atoms with van der Waals surface area (Å²) < 4.78 is 2.26. The molecule has 1 aromatic heterocycles. The molecule has 0 saturated heterocycles. The average Bonchev–Trinajstić information content (AvgIpc) is 2.76. The zero-order valence-electron chi connectivity index (χ0n) is 13.2. The molecule has 0 amide bonds. The molecule has 2 heterocycles. The Morgan fingerprint density at radius 3 is 2.71 bits per heavy atom. The van der Waals surface area contributed by atoms with Gasteiger partial charge in [-0.3, -0.25) is 0 Å². The van der Waals surface area contributed by atoms with Gasteiger partial charge < -0.3 is 10.3 Å². The van der Waals surface area contributed by atoms with E-state index >= 15 is 0 Å². The van der Waals surface area contributed by atoms with E-state index in [1.54, 1.807) is 0 Å². The summed E-state index contributed by atoms with van der Waals surface area (Å²) in [5, 5.41) is 0. The van der Waals surface area contributed by atoms with Crippen LogP contribution in [-0.2, 0) is 12.8 Å². The summed E-state index contributed by atoms with van der Waals surface area (Å²) in [4.78, 5) is 4.85. The van der Waals surface area contributed by atoms with Gasteiger partial charge in [-0.15, -0.1) is 0 Å². The fraction of sp³-hybridized carbons (Fsp3) is 0.500. The van der Waals surface area contributed by atoms with Crippen molar-refractivity contribution in [1.29, 1.82) is 0 Å². The van der Waals surface area contributed by atoms with Crippen molar-refractivity contribution in [3.8, 4) is 0 Å². The normalized spacial score (nSPS) is 22.8. The Morgan fingerprint density at radius 2 is 2.00 bits per heavy atom. The van der Waals surface area contributed by atoms with Crippen molar-refractivity contribution < 1.29 is 0 Å². The molecule has 3 unspecified atom stereocenters. The molecule has 1 aliphatic heterocycles. The van der Waals surface area contributed by atoms with Gasteiger partial charge in [0.15, 0.2) is 0 Å². The number of fused-ring (bicyclic) bond motifs is 1. The van der Waals surface area contributed by atoms with Crippen molar-refractivity contribution in [3.63, 3.8) is 0 Å². The van der Waals surface area contributed by atoms with Gasteiger partial charge in [-0.25, -0.2) is 4.98 Å². The second kappa shape index (κ2) is 5.55.